The molecule has 2 N–H and O–H groups in total. The Morgan fingerprint density at radius 1 is 1.16 bits per heavy atom. The molecular formula is C23H27FN4O3S. The molecule has 2 heterocycles. The first-order chi connectivity index (χ1) is 15.1. The third-order valence-electron chi connectivity index (χ3n) is 4.87. The minimum absolute atomic E-state index is 0.207. The van der Waals surface area contributed by atoms with Crippen LogP contribution >= 0.6 is 0 Å². The Kier molecular flexibility index (Phi) is 6.68. The highest BCUT2D eigenvalue weighted by molar-refractivity contribution is 7.92. The van der Waals surface area contributed by atoms with E-state index in [2.05, 4.69) is 20.5 Å². The van der Waals surface area contributed by atoms with Gasteiger partial charge in [-0.3, -0.25) is 10.1 Å². The third-order valence-corrected chi connectivity index (χ3v) is 7.38. The Balaban J connectivity index is 0.000000238. The average Bonchev–Trinajstić information content (AvgIpc) is 3.20. The molecule has 0 saturated carbocycles. The van der Waals surface area contributed by atoms with Crippen molar-refractivity contribution in [3.63, 3.8) is 0 Å². The van der Waals surface area contributed by atoms with Crippen LogP contribution in [0.3, 0.4) is 0 Å². The van der Waals surface area contributed by atoms with Crippen LogP contribution in [-0.4, -0.2) is 42.0 Å². The maximum absolute atomic E-state index is 12.9. The molecule has 7 nitrogen and oxygen atoms in total. The molecule has 170 valence electrons. The van der Waals surface area contributed by atoms with Crippen molar-refractivity contribution in [3.8, 4) is 5.75 Å². The molecule has 0 spiro atoms. The van der Waals surface area contributed by atoms with E-state index in [1.165, 1.54) is 12.1 Å². The number of nitrogens with zero attached hydrogens (tertiary/aromatic N) is 2. The number of fused-ring (bicyclic) bond motifs is 2. The second-order valence-corrected chi connectivity index (χ2v) is 10.7. The quantitative estimate of drug-likeness (QED) is 0.449. The SMILES string of the molecule is CCOc1cc2nccc(NC)c2cc1S(=O)(=O)C(C)(C)C.Fc1ccc2[nH]ncc2c1. The molecule has 0 unspecified atom stereocenters. The van der Waals surface area contributed by atoms with Gasteiger partial charge in [-0.05, 0) is 58.0 Å². The first-order valence-corrected chi connectivity index (χ1v) is 11.6. The highest BCUT2D eigenvalue weighted by Crippen LogP contribution is 2.36. The number of pyridine rings is 1. The first-order valence-electron chi connectivity index (χ1n) is 10.1. The molecule has 32 heavy (non-hydrogen) atoms. The second-order valence-electron chi connectivity index (χ2n) is 8.08. The first kappa shape index (κ1) is 23.5. The topological polar surface area (TPSA) is 97.0 Å². The molecule has 2 aromatic carbocycles. The molecule has 0 atom stereocenters. The largest absolute Gasteiger partial charge is 0.492 e. The van der Waals surface area contributed by atoms with Crippen LogP contribution in [0.2, 0.25) is 0 Å². The van der Waals surface area contributed by atoms with E-state index in [-0.39, 0.29) is 10.7 Å². The number of aromatic amines is 1. The fourth-order valence-electron chi connectivity index (χ4n) is 3.09. The number of aromatic nitrogens is 3. The number of hydrogen-bond donors (Lipinski definition) is 2. The van der Waals surface area contributed by atoms with E-state index >= 15 is 0 Å². The van der Waals surface area contributed by atoms with E-state index < -0.39 is 14.6 Å². The highest BCUT2D eigenvalue weighted by atomic mass is 32.2. The fraction of sp³-hybridized carbons (Fsp3) is 0.304. The Morgan fingerprint density at radius 3 is 2.56 bits per heavy atom. The summed E-state index contributed by atoms with van der Waals surface area (Å²) in [4.78, 5) is 4.51. The summed E-state index contributed by atoms with van der Waals surface area (Å²) < 4.78 is 42.9. The number of halogens is 1. The van der Waals surface area contributed by atoms with Gasteiger partial charge in [-0.15, -0.1) is 0 Å². The third kappa shape index (κ3) is 4.67. The van der Waals surface area contributed by atoms with Crippen LogP contribution in [-0.2, 0) is 9.84 Å². The van der Waals surface area contributed by atoms with Gasteiger partial charge in [-0.25, -0.2) is 12.8 Å². The maximum Gasteiger partial charge on any atom is 0.186 e. The van der Waals surface area contributed by atoms with Crippen molar-refractivity contribution in [3.05, 3.63) is 54.6 Å². The number of anilines is 1. The van der Waals surface area contributed by atoms with Crippen molar-refractivity contribution in [1.29, 1.82) is 0 Å². The fourth-order valence-corrected chi connectivity index (χ4v) is 4.41. The van der Waals surface area contributed by atoms with Gasteiger partial charge in [0.05, 0.1) is 28.6 Å². The molecule has 9 heteroatoms. The summed E-state index contributed by atoms with van der Waals surface area (Å²) >= 11 is 0. The van der Waals surface area contributed by atoms with Crippen molar-refractivity contribution in [2.24, 2.45) is 0 Å². The summed E-state index contributed by atoms with van der Waals surface area (Å²) in [6, 6.07) is 9.67. The Labute approximate surface area is 186 Å². The van der Waals surface area contributed by atoms with E-state index in [0.717, 1.165) is 22.0 Å². The summed E-state index contributed by atoms with van der Waals surface area (Å²) in [6.45, 7) is 7.28. The molecule has 2 aromatic heterocycles. The number of benzene rings is 2. The lowest BCUT2D eigenvalue weighted by molar-refractivity contribution is 0.331. The Morgan fingerprint density at radius 2 is 1.91 bits per heavy atom. The number of sulfone groups is 1. The molecule has 0 saturated heterocycles. The summed E-state index contributed by atoms with van der Waals surface area (Å²) in [5, 5.41) is 11.1. The smallest absolute Gasteiger partial charge is 0.186 e. The summed E-state index contributed by atoms with van der Waals surface area (Å²) in [5.74, 6) is 0.125. The van der Waals surface area contributed by atoms with Crippen molar-refractivity contribution >= 4 is 37.3 Å². The molecule has 0 radical (unpaired) electrons. The van der Waals surface area contributed by atoms with Crippen LogP contribution in [0.4, 0.5) is 10.1 Å². The van der Waals surface area contributed by atoms with E-state index in [9.17, 15) is 12.8 Å². The molecule has 0 aliphatic carbocycles. The predicted octanol–water partition coefficient (Wildman–Crippen LogP) is 4.95. The van der Waals surface area contributed by atoms with Crippen LogP contribution in [0.25, 0.3) is 21.8 Å². The lowest BCUT2D eigenvalue weighted by Crippen LogP contribution is -2.28. The number of ether oxygens (including phenoxy) is 1. The van der Waals surface area contributed by atoms with Crippen molar-refractivity contribution in [2.75, 3.05) is 19.0 Å². The Bertz CT molecular complexity index is 1340. The predicted molar refractivity (Wildman–Crippen MR) is 125 cm³/mol. The molecule has 0 aliphatic rings. The van der Waals surface area contributed by atoms with E-state index in [4.69, 9.17) is 4.74 Å². The number of rotatable bonds is 4. The minimum Gasteiger partial charge on any atom is -0.492 e. The number of H-pyrrole nitrogens is 1. The highest BCUT2D eigenvalue weighted by Gasteiger charge is 2.34. The van der Waals surface area contributed by atoms with Crippen molar-refractivity contribution < 1.29 is 17.5 Å². The van der Waals surface area contributed by atoms with Gasteiger partial charge in [0.1, 0.15) is 16.5 Å². The van der Waals surface area contributed by atoms with Crippen LogP contribution in [0.15, 0.2) is 53.7 Å². The second kappa shape index (κ2) is 9.12. The average molecular weight is 459 g/mol. The summed E-state index contributed by atoms with van der Waals surface area (Å²) in [7, 11) is -1.73. The molecule has 0 fully saturated rings. The maximum atomic E-state index is 12.9. The normalized spacial score (nSPS) is 11.8. The van der Waals surface area contributed by atoms with Gasteiger partial charge in [-0.1, -0.05) is 0 Å². The molecule has 4 rings (SSSR count). The van der Waals surface area contributed by atoms with Crippen LogP contribution < -0.4 is 10.1 Å². The molecule has 4 aromatic rings. The van der Waals surface area contributed by atoms with Gasteiger partial charge in [0, 0.05) is 35.8 Å². The molecular weight excluding hydrogens is 431 g/mol. The summed E-state index contributed by atoms with van der Waals surface area (Å²) in [6.07, 6.45) is 3.28. The zero-order valence-electron chi connectivity index (χ0n) is 18.7. The van der Waals surface area contributed by atoms with E-state index in [1.54, 1.807) is 58.4 Å². The van der Waals surface area contributed by atoms with Gasteiger partial charge >= 0.3 is 0 Å². The Hall–Kier alpha value is -3.20. The zero-order valence-corrected chi connectivity index (χ0v) is 19.5. The molecule has 0 bridgehead atoms. The monoisotopic (exact) mass is 458 g/mol. The minimum atomic E-state index is -3.53. The van der Waals surface area contributed by atoms with E-state index in [1.807, 2.05) is 13.0 Å². The van der Waals surface area contributed by atoms with Crippen molar-refractivity contribution in [2.45, 2.75) is 37.3 Å². The molecule has 0 amide bonds. The molecule has 0 aliphatic heterocycles. The van der Waals surface area contributed by atoms with Gasteiger partial charge in [0.15, 0.2) is 9.84 Å². The van der Waals surface area contributed by atoms with Crippen LogP contribution in [0, 0.1) is 5.82 Å². The van der Waals surface area contributed by atoms with E-state index in [0.29, 0.717) is 17.9 Å². The lowest BCUT2D eigenvalue weighted by Gasteiger charge is -2.22. The zero-order chi connectivity index (χ0) is 23.5. The number of nitrogens with one attached hydrogen (secondary N) is 2. The van der Waals surface area contributed by atoms with Crippen molar-refractivity contribution in [1.82, 2.24) is 15.2 Å². The van der Waals surface area contributed by atoms with Crippen LogP contribution in [0.5, 0.6) is 5.75 Å². The van der Waals surface area contributed by atoms with Crippen LogP contribution in [0.1, 0.15) is 27.7 Å². The summed E-state index contributed by atoms with van der Waals surface area (Å²) in [5.41, 5.74) is 2.39. The van der Waals surface area contributed by atoms with Gasteiger partial charge in [0.25, 0.3) is 0 Å². The van der Waals surface area contributed by atoms with Gasteiger partial charge < -0.3 is 10.1 Å². The lowest BCUT2D eigenvalue weighted by atomic mass is 10.2. The standard InChI is InChI=1S/C16H22N2O3S.C7H5FN2/c1-6-21-14-10-13-11(12(17-5)7-8-18-13)9-15(14)22(19,20)16(2,3)4;8-6-1-2-7-5(3-6)4-9-10-7/h7-10H,6H2,1-5H3,(H,17,18);1-4H,(H,9,10). The number of hydrogen-bond acceptors (Lipinski definition) is 6. The van der Waals surface area contributed by atoms with Gasteiger partial charge in [0.2, 0.25) is 0 Å². The van der Waals surface area contributed by atoms with Gasteiger partial charge in [-0.2, -0.15) is 5.10 Å².